The van der Waals surface area contributed by atoms with Crippen LogP contribution in [0.4, 0.5) is 10.2 Å². The maximum Gasteiger partial charge on any atom is 0.180 e. The Morgan fingerprint density at radius 1 is 1.53 bits per heavy atom. The van der Waals surface area contributed by atoms with Crippen LogP contribution in [0.3, 0.4) is 0 Å². The van der Waals surface area contributed by atoms with E-state index < -0.39 is 6.17 Å². The number of alkyl halides is 1. The largest absolute Gasteiger partial charge is 0.351 e. The number of fused-ring (bicyclic) bond motifs is 1. The first-order valence-electron chi connectivity index (χ1n) is 4.62. The number of pyridine rings is 1. The van der Waals surface area contributed by atoms with Gasteiger partial charge >= 0.3 is 0 Å². The van der Waals surface area contributed by atoms with E-state index >= 15 is 0 Å². The van der Waals surface area contributed by atoms with Crippen LogP contribution in [0.15, 0.2) is 12.4 Å². The summed E-state index contributed by atoms with van der Waals surface area (Å²) in [5.74, 6) is 0.813. The molecule has 0 bridgehead atoms. The molecule has 0 spiro atoms. The van der Waals surface area contributed by atoms with Crippen molar-refractivity contribution in [2.24, 2.45) is 0 Å². The van der Waals surface area contributed by atoms with E-state index in [1.807, 2.05) is 11.0 Å². The van der Waals surface area contributed by atoms with Gasteiger partial charge in [-0.1, -0.05) is 0 Å². The van der Waals surface area contributed by atoms with E-state index in [-0.39, 0.29) is 0 Å². The highest BCUT2D eigenvalue weighted by Crippen LogP contribution is 2.25. The van der Waals surface area contributed by atoms with E-state index in [9.17, 15) is 4.39 Å². The number of aromatic amines is 1. The summed E-state index contributed by atoms with van der Waals surface area (Å²) in [4.78, 5) is 13.4. The number of hydrogen-bond donors (Lipinski definition) is 1. The molecule has 0 radical (unpaired) electrons. The van der Waals surface area contributed by atoms with E-state index in [0.717, 1.165) is 14.9 Å². The van der Waals surface area contributed by atoms with Gasteiger partial charge in [-0.3, -0.25) is 0 Å². The molecule has 6 heteroatoms. The van der Waals surface area contributed by atoms with Crippen LogP contribution in [-0.2, 0) is 0 Å². The van der Waals surface area contributed by atoms with Gasteiger partial charge in [0.25, 0.3) is 0 Å². The molecule has 2 aromatic rings. The third-order valence-corrected chi connectivity index (χ3v) is 3.35. The summed E-state index contributed by atoms with van der Waals surface area (Å²) >= 11 is 2.23. The van der Waals surface area contributed by atoms with Crippen molar-refractivity contribution in [2.45, 2.75) is 6.17 Å². The van der Waals surface area contributed by atoms with Crippen LogP contribution in [0.1, 0.15) is 0 Å². The Bertz CT molecular complexity index is 506. The van der Waals surface area contributed by atoms with Gasteiger partial charge in [0, 0.05) is 3.57 Å². The average molecular weight is 318 g/mol. The van der Waals surface area contributed by atoms with Gasteiger partial charge in [-0.15, -0.1) is 0 Å². The Balaban J connectivity index is 2.05. The molecule has 1 fully saturated rings. The zero-order valence-electron chi connectivity index (χ0n) is 7.74. The lowest BCUT2D eigenvalue weighted by molar-refractivity contribution is 0.273. The van der Waals surface area contributed by atoms with E-state index in [4.69, 9.17) is 0 Å². The van der Waals surface area contributed by atoms with Gasteiger partial charge < -0.3 is 9.88 Å². The van der Waals surface area contributed by atoms with Crippen molar-refractivity contribution in [3.8, 4) is 0 Å². The molecule has 0 unspecified atom stereocenters. The molecule has 0 atom stereocenters. The predicted molar refractivity (Wildman–Crippen MR) is 63.7 cm³/mol. The molecule has 2 aromatic heterocycles. The molecule has 0 saturated carbocycles. The molecule has 78 valence electrons. The first-order valence-corrected chi connectivity index (χ1v) is 5.70. The number of nitrogens with one attached hydrogen (secondary N) is 1. The number of imidazole rings is 1. The number of halogens is 2. The number of nitrogens with zero attached hydrogens (tertiary/aromatic N) is 3. The maximum absolute atomic E-state index is 12.7. The molecule has 15 heavy (non-hydrogen) atoms. The summed E-state index contributed by atoms with van der Waals surface area (Å²) in [6.07, 6.45) is 0.914. The fraction of sp³-hybridized carbons (Fsp3) is 0.333. The van der Waals surface area contributed by atoms with E-state index in [0.29, 0.717) is 18.7 Å². The van der Waals surface area contributed by atoms with Crippen molar-refractivity contribution >= 4 is 39.6 Å². The van der Waals surface area contributed by atoms with Gasteiger partial charge in [0.2, 0.25) is 0 Å². The van der Waals surface area contributed by atoms with Gasteiger partial charge in [0.15, 0.2) is 5.65 Å². The van der Waals surface area contributed by atoms with Gasteiger partial charge in [0.1, 0.15) is 12.0 Å². The van der Waals surface area contributed by atoms with Crippen LogP contribution in [-0.4, -0.2) is 34.2 Å². The highest BCUT2D eigenvalue weighted by molar-refractivity contribution is 14.1. The van der Waals surface area contributed by atoms with Crippen molar-refractivity contribution in [2.75, 3.05) is 18.0 Å². The smallest absolute Gasteiger partial charge is 0.180 e. The Kier molecular flexibility index (Phi) is 2.04. The normalized spacial score (nSPS) is 17.1. The zero-order chi connectivity index (χ0) is 10.4. The van der Waals surface area contributed by atoms with Crippen molar-refractivity contribution < 1.29 is 4.39 Å². The van der Waals surface area contributed by atoms with Crippen molar-refractivity contribution in [1.29, 1.82) is 0 Å². The zero-order valence-corrected chi connectivity index (χ0v) is 9.90. The van der Waals surface area contributed by atoms with Crippen molar-refractivity contribution in [3.05, 3.63) is 16.0 Å². The van der Waals surface area contributed by atoms with Crippen LogP contribution in [0.2, 0.25) is 0 Å². The van der Waals surface area contributed by atoms with Crippen molar-refractivity contribution in [1.82, 2.24) is 15.0 Å². The van der Waals surface area contributed by atoms with E-state index in [2.05, 4.69) is 37.5 Å². The second-order valence-corrected chi connectivity index (χ2v) is 4.73. The quantitative estimate of drug-likeness (QED) is 0.815. The summed E-state index contributed by atoms with van der Waals surface area (Å²) in [5, 5.41) is 0. The number of rotatable bonds is 1. The fourth-order valence-corrected chi connectivity index (χ4v) is 2.32. The number of anilines is 1. The second-order valence-electron chi connectivity index (χ2n) is 3.57. The predicted octanol–water partition coefficient (Wildman–Crippen LogP) is 1.72. The minimum absolute atomic E-state index is 0.443. The molecular formula is C9H8FIN4. The first kappa shape index (κ1) is 9.32. The van der Waals surface area contributed by atoms with E-state index in [1.54, 1.807) is 6.33 Å². The van der Waals surface area contributed by atoms with Crippen LogP contribution in [0, 0.1) is 3.57 Å². The maximum atomic E-state index is 12.7. The number of aromatic nitrogens is 3. The summed E-state index contributed by atoms with van der Waals surface area (Å²) in [5.41, 5.74) is 1.64. The average Bonchev–Trinajstić information content (AvgIpc) is 2.61. The molecule has 3 rings (SSSR count). The minimum Gasteiger partial charge on any atom is -0.351 e. The summed E-state index contributed by atoms with van der Waals surface area (Å²) < 4.78 is 13.8. The lowest BCUT2D eigenvalue weighted by atomic mass is 10.2. The van der Waals surface area contributed by atoms with Gasteiger partial charge in [-0.05, 0) is 28.7 Å². The number of H-pyrrole nitrogens is 1. The molecule has 1 aliphatic heterocycles. The molecule has 0 aliphatic carbocycles. The van der Waals surface area contributed by atoms with Crippen LogP contribution in [0.25, 0.3) is 11.2 Å². The third-order valence-electron chi connectivity index (χ3n) is 2.50. The molecule has 1 N–H and O–H groups in total. The van der Waals surface area contributed by atoms with E-state index in [1.165, 1.54) is 0 Å². The second kappa shape index (κ2) is 3.29. The highest BCUT2D eigenvalue weighted by Gasteiger charge is 2.27. The van der Waals surface area contributed by atoms with Gasteiger partial charge in [0.05, 0.1) is 24.9 Å². The summed E-state index contributed by atoms with van der Waals surface area (Å²) in [7, 11) is 0. The summed E-state index contributed by atoms with van der Waals surface area (Å²) in [6.45, 7) is 0.887. The Hall–Kier alpha value is -0.920. The van der Waals surface area contributed by atoms with Crippen molar-refractivity contribution in [3.63, 3.8) is 0 Å². The first-order chi connectivity index (χ1) is 7.24. The van der Waals surface area contributed by atoms with Crippen LogP contribution in [0.5, 0.6) is 0 Å². The van der Waals surface area contributed by atoms with Crippen LogP contribution < -0.4 is 4.90 Å². The summed E-state index contributed by atoms with van der Waals surface area (Å²) in [6, 6.07) is 1.95. The highest BCUT2D eigenvalue weighted by atomic mass is 127. The Morgan fingerprint density at radius 2 is 2.33 bits per heavy atom. The monoisotopic (exact) mass is 318 g/mol. The molecule has 1 aliphatic rings. The van der Waals surface area contributed by atoms with Crippen LogP contribution >= 0.6 is 22.6 Å². The lowest BCUT2D eigenvalue weighted by Crippen LogP contribution is -2.48. The molecule has 3 heterocycles. The lowest BCUT2D eigenvalue weighted by Gasteiger charge is -2.35. The fourth-order valence-electron chi connectivity index (χ4n) is 1.65. The Morgan fingerprint density at radius 3 is 3.07 bits per heavy atom. The van der Waals surface area contributed by atoms with Gasteiger partial charge in [-0.2, -0.15) is 0 Å². The molecule has 0 aromatic carbocycles. The van der Waals surface area contributed by atoms with Gasteiger partial charge in [-0.25, -0.2) is 14.4 Å². The molecule has 4 nitrogen and oxygen atoms in total. The number of hydrogen-bond acceptors (Lipinski definition) is 3. The topological polar surface area (TPSA) is 44.8 Å². The molecular weight excluding hydrogens is 310 g/mol. The Labute approximate surface area is 99.0 Å². The third kappa shape index (κ3) is 1.47. The standard InChI is InChI=1S/C9H8FIN4/c10-5-2-15(3-5)7-1-6(11)8-9(14-7)13-4-12-8/h1,4-5H,2-3H2,(H,12,13,14). The molecule has 1 saturated heterocycles. The molecule has 0 amide bonds. The minimum atomic E-state index is -0.709. The SMILES string of the molecule is FC1CN(c2cc(I)c3[nH]cnc3n2)C1.